The van der Waals surface area contributed by atoms with Crippen LogP contribution in [0.3, 0.4) is 0 Å². The zero-order chi connectivity index (χ0) is 24.1. The fourth-order valence-electron chi connectivity index (χ4n) is 4.04. The molecule has 1 fully saturated rings. The summed E-state index contributed by atoms with van der Waals surface area (Å²) in [5, 5.41) is 11.4. The van der Waals surface area contributed by atoms with Crippen molar-refractivity contribution in [1.29, 1.82) is 0 Å². The number of ketones is 1. The van der Waals surface area contributed by atoms with Gasteiger partial charge in [0.25, 0.3) is 11.7 Å². The van der Waals surface area contributed by atoms with Crippen LogP contribution in [0.1, 0.15) is 50.8 Å². The van der Waals surface area contributed by atoms with Crippen LogP contribution in [-0.2, 0) is 9.59 Å². The molecule has 0 spiro atoms. The maximum absolute atomic E-state index is 13.2. The molecule has 2 aromatic carbocycles. The molecule has 1 saturated heterocycles. The number of carbonyl (C=O) groups excluding carboxylic acids is 2. The van der Waals surface area contributed by atoms with Gasteiger partial charge < -0.3 is 24.2 Å². The van der Waals surface area contributed by atoms with E-state index in [9.17, 15) is 14.7 Å². The molecule has 2 aromatic rings. The molecular weight excluding hydrogens is 422 g/mol. The Hall–Kier alpha value is -3.48. The minimum Gasteiger partial charge on any atom is -0.506 e. The van der Waals surface area contributed by atoms with Crippen molar-refractivity contribution in [2.75, 3.05) is 20.8 Å². The first-order valence-corrected chi connectivity index (χ1v) is 11.1. The summed E-state index contributed by atoms with van der Waals surface area (Å²) in [6.07, 6.45) is 1.54. The van der Waals surface area contributed by atoms with Gasteiger partial charge in [-0.15, -0.1) is 0 Å². The van der Waals surface area contributed by atoms with E-state index >= 15 is 0 Å². The first kappa shape index (κ1) is 24.2. The van der Waals surface area contributed by atoms with Crippen molar-refractivity contribution < 1.29 is 28.9 Å². The summed E-state index contributed by atoms with van der Waals surface area (Å²) in [5.74, 6) is -0.416. The highest BCUT2D eigenvalue weighted by atomic mass is 16.5. The number of Topliss-reactive ketones (excluding diaryl/α,β-unsaturated/α-hetero) is 1. The lowest BCUT2D eigenvalue weighted by Crippen LogP contribution is -2.30. The molecule has 1 aliphatic heterocycles. The van der Waals surface area contributed by atoms with E-state index in [1.807, 2.05) is 45.0 Å². The molecule has 0 radical (unpaired) electrons. The summed E-state index contributed by atoms with van der Waals surface area (Å²) in [4.78, 5) is 27.8. The maximum Gasteiger partial charge on any atom is 0.295 e. The highest BCUT2D eigenvalue weighted by Crippen LogP contribution is 2.44. The lowest BCUT2D eigenvalue weighted by Gasteiger charge is -2.26. The lowest BCUT2D eigenvalue weighted by molar-refractivity contribution is -0.139. The van der Waals surface area contributed by atoms with Gasteiger partial charge in [0.15, 0.2) is 0 Å². The summed E-state index contributed by atoms with van der Waals surface area (Å²) >= 11 is 0. The Morgan fingerprint density at radius 3 is 2.27 bits per heavy atom. The molecule has 3 rings (SSSR count). The van der Waals surface area contributed by atoms with Crippen LogP contribution in [0.25, 0.3) is 5.76 Å². The molecule has 0 bridgehead atoms. The van der Waals surface area contributed by atoms with Crippen molar-refractivity contribution in [2.45, 2.75) is 45.8 Å². The van der Waals surface area contributed by atoms with Crippen LogP contribution in [-0.4, -0.2) is 48.6 Å². The summed E-state index contributed by atoms with van der Waals surface area (Å²) in [6.45, 7) is 6.26. The van der Waals surface area contributed by atoms with E-state index in [4.69, 9.17) is 14.2 Å². The van der Waals surface area contributed by atoms with Gasteiger partial charge in [0, 0.05) is 6.54 Å². The van der Waals surface area contributed by atoms with Gasteiger partial charge >= 0.3 is 0 Å². The van der Waals surface area contributed by atoms with Crippen molar-refractivity contribution in [3.05, 3.63) is 59.2 Å². The normalized spacial score (nSPS) is 17.5. The molecule has 1 atom stereocenters. The smallest absolute Gasteiger partial charge is 0.295 e. The Morgan fingerprint density at radius 2 is 1.70 bits per heavy atom. The fourth-order valence-corrected chi connectivity index (χ4v) is 4.04. The minimum absolute atomic E-state index is 0.000556. The summed E-state index contributed by atoms with van der Waals surface area (Å²) in [7, 11) is 2.94. The van der Waals surface area contributed by atoms with Crippen LogP contribution in [0.2, 0.25) is 0 Å². The summed E-state index contributed by atoms with van der Waals surface area (Å²) in [5.41, 5.74) is 0.912. The van der Waals surface area contributed by atoms with Crippen molar-refractivity contribution in [2.24, 2.45) is 0 Å². The van der Waals surface area contributed by atoms with Gasteiger partial charge in [-0.2, -0.15) is 0 Å². The van der Waals surface area contributed by atoms with Crippen LogP contribution < -0.4 is 14.2 Å². The highest BCUT2D eigenvalue weighted by Gasteiger charge is 2.46. The molecule has 1 aliphatic rings. The second-order valence-electron chi connectivity index (χ2n) is 8.12. The number of aliphatic hydroxyl groups is 1. The molecule has 0 saturated carbocycles. The first-order valence-electron chi connectivity index (χ1n) is 11.1. The molecule has 1 unspecified atom stereocenters. The van der Waals surface area contributed by atoms with Gasteiger partial charge in [-0.3, -0.25) is 9.59 Å². The summed E-state index contributed by atoms with van der Waals surface area (Å²) < 4.78 is 16.7. The van der Waals surface area contributed by atoms with E-state index in [0.717, 1.165) is 12.8 Å². The second kappa shape index (κ2) is 10.4. The van der Waals surface area contributed by atoms with Gasteiger partial charge in [0.1, 0.15) is 28.6 Å². The Balaban J connectivity index is 2.24. The zero-order valence-corrected chi connectivity index (χ0v) is 19.8. The number of amides is 1. The van der Waals surface area contributed by atoms with Gasteiger partial charge in [0.05, 0.1) is 31.9 Å². The van der Waals surface area contributed by atoms with Crippen LogP contribution in [0.5, 0.6) is 17.2 Å². The van der Waals surface area contributed by atoms with Crippen LogP contribution >= 0.6 is 0 Å². The quantitative estimate of drug-likeness (QED) is 0.336. The zero-order valence-electron chi connectivity index (χ0n) is 19.8. The Bertz CT molecular complexity index is 1040. The topological polar surface area (TPSA) is 85.3 Å². The second-order valence-corrected chi connectivity index (χ2v) is 8.12. The molecule has 7 heteroatoms. The number of carbonyl (C=O) groups is 2. The Labute approximate surface area is 194 Å². The third kappa shape index (κ3) is 4.82. The van der Waals surface area contributed by atoms with Gasteiger partial charge in [0.2, 0.25) is 0 Å². The molecular formula is C26H31NO6. The van der Waals surface area contributed by atoms with Crippen molar-refractivity contribution in [3.63, 3.8) is 0 Å². The number of hydrogen-bond donors (Lipinski definition) is 1. The molecule has 1 amide bonds. The fraction of sp³-hybridized carbons (Fsp3) is 0.385. The number of nitrogens with zero attached hydrogens (tertiary/aromatic N) is 1. The van der Waals surface area contributed by atoms with Crippen molar-refractivity contribution >= 4 is 17.4 Å². The van der Waals surface area contributed by atoms with E-state index in [1.165, 1.54) is 19.1 Å². The molecule has 1 N–H and O–H groups in total. The molecule has 7 nitrogen and oxygen atoms in total. The van der Waals surface area contributed by atoms with E-state index in [2.05, 4.69) is 0 Å². The predicted octanol–water partition coefficient (Wildman–Crippen LogP) is 4.71. The van der Waals surface area contributed by atoms with Gasteiger partial charge in [-0.05, 0) is 50.1 Å². The van der Waals surface area contributed by atoms with Gasteiger partial charge in [-0.25, -0.2) is 0 Å². The summed E-state index contributed by atoms with van der Waals surface area (Å²) in [6, 6.07) is 11.6. The first-order chi connectivity index (χ1) is 15.8. The standard InChI is InChI=1S/C26H31NO6/c1-6-7-14-27-23(17-10-8-11-18(15-17)33-16(2)3)22(25(29)26(27)30)24(28)21-19(31-4)12-9-13-20(21)32-5/h8-13,15-16,23,28H,6-7,14H2,1-5H3/b24-22+. The molecule has 33 heavy (non-hydrogen) atoms. The Morgan fingerprint density at radius 1 is 1.06 bits per heavy atom. The SMILES string of the molecule is CCCCN1C(=O)C(=O)/C(=C(/O)c2c(OC)cccc2OC)C1c1cccc(OC(C)C)c1. The third-order valence-corrected chi connectivity index (χ3v) is 5.50. The number of benzene rings is 2. The van der Waals surface area contributed by atoms with Crippen molar-refractivity contribution in [3.8, 4) is 17.2 Å². The van der Waals surface area contributed by atoms with E-state index in [0.29, 0.717) is 29.4 Å². The highest BCUT2D eigenvalue weighted by molar-refractivity contribution is 6.46. The monoisotopic (exact) mass is 453 g/mol. The number of rotatable bonds is 9. The number of aliphatic hydroxyl groups excluding tert-OH is 1. The van der Waals surface area contributed by atoms with Crippen molar-refractivity contribution in [1.82, 2.24) is 4.90 Å². The molecule has 176 valence electrons. The lowest BCUT2D eigenvalue weighted by atomic mass is 9.94. The van der Waals surface area contributed by atoms with E-state index in [1.54, 1.807) is 18.2 Å². The van der Waals surface area contributed by atoms with E-state index in [-0.39, 0.29) is 23.0 Å². The van der Waals surface area contributed by atoms with Gasteiger partial charge in [-0.1, -0.05) is 31.5 Å². The van der Waals surface area contributed by atoms with Crippen LogP contribution in [0, 0.1) is 0 Å². The Kier molecular flexibility index (Phi) is 7.63. The van der Waals surface area contributed by atoms with Crippen LogP contribution in [0.4, 0.5) is 0 Å². The third-order valence-electron chi connectivity index (χ3n) is 5.50. The molecule has 0 aliphatic carbocycles. The average molecular weight is 454 g/mol. The maximum atomic E-state index is 13.2. The number of likely N-dealkylation sites (tertiary alicyclic amines) is 1. The van der Waals surface area contributed by atoms with E-state index < -0.39 is 17.7 Å². The minimum atomic E-state index is -0.762. The number of unbranched alkanes of at least 4 members (excludes halogenated alkanes) is 1. The predicted molar refractivity (Wildman–Crippen MR) is 126 cm³/mol. The van der Waals surface area contributed by atoms with Crippen LogP contribution in [0.15, 0.2) is 48.0 Å². The number of ether oxygens (including phenoxy) is 3. The number of methoxy groups -OCH3 is 2. The number of hydrogen-bond acceptors (Lipinski definition) is 6. The largest absolute Gasteiger partial charge is 0.506 e. The molecule has 1 heterocycles. The molecule has 0 aromatic heterocycles. The average Bonchev–Trinajstić information content (AvgIpc) is 3.06.